The molecule has 0 saturated heterocycles. The minimum absolute atomic E-state index is 0.00547. The number of nitrogens with one attached hydrogen (secondary N) is 1. The fraction of sp³-hybridized carbons (Fsp3) is 0.211. The van der Waals surface area contributed by atoms with Gasteiger partial charge >= 0.3 is 5.97 Å². The second-order valence-electron chi connectivity index (χ2n) is 5.74. The highest BCUT2D eigenvalue weighted by Gasteiger charge is 2.25. The first kappa shape index (κ1) is 21.1. The van der Waals surface area contributed by atoms with Crippen LogP contribution in [0, 0.1) is 6.92 Å². The maximum atomic E-state index is 13.1. The van der Waals surface area contributed by atoms with Gasteiger partial charge in [-0.2, -0.15) is 0 Å². The highest BCUT2D eigenvalue weighted by atomic mass is 32.2. The van der Waals surface area contributed by atoms with Crippen molar-refractivity contribution in [2.24, 2.45) is 0 Å². The van der Waals surface area contributed by atoms with Gasteiger partial charge in [0.05, 0.1) is 27.0 Å². The Hall–Kier alpha value is -3.20. The zero-order chi connectivity index (χ0) is 20.9. The second-order valence-corrected chi connectivity index (χ2v) is 7.39. The smallest absolute Gasteiger partial charge is 0.328 e. The van der Waals surface area contributed by atoms with Crippen LogP contribution in [0.3, 0.4) is 0 Å². The summed E-state index contributed by atoms with van der Waals surface area (Å²) in [5, 5.41) is 8.82. The molecule has 150 valence electrons. The first-order valence-electron chi connectivity index (χ1n) is 8.06. The van der Waals surface area contributed by atoms with Crippen LogP contribution < -0.4 is 18.9 Å². The summed E-state index contributed by atoms with van der Waals surface area (Å²) in [6.45, 7) is 1.82. The third kappa shape index (κ3) is 4.74. The fourth-order valence-electron chi connectivity index (χ4n) is 2.51. The molecule has 8 nitrogen and oxygen atoms in total. The van der Waals surface area contributed by atoms with Crippen molar-refractivity contribution in [2.45, 2.75) is 11.8 Å². The summed E-state index contributed by atoms with van der Waals surface area (Å²) in [5.74, 6) is -0.676. The number of ether oxygens (including phenoxy) is 3. The van der Waals surface area contributed by atoms with Crippen LogP contribution in [0.5, 0.6) is 17.2 Å². The minimum Gasteiger partial charge on any atom is -0.495 e. The summed E-state index contributed by atoms with van der Waals surface area (Å²) in [4.78, 5) is 10.6. The van der Waals surface area contributed by atoms with Crippen molar-refractivity contribution < 1.29 is 32.5 Å². The molecule has 2 rings (SSSR count). The Labute approximate surface area is 163 Å². The Morgan fingerprint density at radius 2 is 1.71 bits per heavy atom. The zero-order valence-electron chi connectivity index (χ0n) is 15.8. The maximum Gasteiger partial charge on any atom is 0.328 e. The molecule has 0 saturated carbocycles. The van der Waals surface area contributed by atoms with Crippen molar-refractivity contribution in [3.8, 4) is 17.2 Å². The van der Waals surface area contributed by atoms with Gasteiger partial charge in [-0.1, -0.05) is 6.07 Å². The highest BCUT2D eigenvalue weighted by Crippen LogP contribution is 2.38. The standard InChI is InChI=1S/C19H21NO7S/c1-12-5-7-15(25-2)14(9-12)20-28(23,24)17-11-13(6-8-18(21)22)10-16(26-3)19(17)27-4/h5-11,20H,1-4H3,(H,21,22)/b8-6+. The van der Waals surface area contributed by atoms with Gasteiger partial charge in [0, 0.05) is 6.08 Å². The molecule has 0 aliphatic rings. The number of benzene rings is 2. The largest absolute Gasteiger partial charge is 0.495 e. The molecule has 28 heavy (non-hydrogen) atoms. The van der Waals surface area contributed by atoms with Gasteiger partial charge in [-0.15, -0.1) is 0 Å². The summed E-state index contributed by atoms with van der Waals surface area (Å²) in [6.07, 6.45) is 2.16. The molecule has 2 aromatic rings. The van der Waals surface area contributed by atoms with Crippen molar-refractivity contribution in [3.63, 3.8) is 0 Å². The highest BCUT2D eigenvalue weighted by molar-refractivity contribution is 7.92. The van der Waals surface area contributed by atoms with Crippen LogP contribution in [-0.2, 0) is 14.8 Å². The van der Waals surface area contributed by atoms with Crippen molar-refractivity contribution >= 4 is 27.8 Å². The Morgan fingerprint density at radius 1 is 1.04 bits per heavy atom. The summed E-state index contributed by atoms with van der Waals surface area (Å²) >= 11 is 0. The Kier molecular flexibility index (Phi) is 6.53. The van der Waals surface area contributed by atoms with Crippen LogP contribution in [0.15, 0.2) is 41.3 Å². The van der Waals surface area contributed by atoms with E-state index in [1.165, 1.54) is 39.5 Å². The van der Waals surface area contributed by atoms with Crippen LogP contribution >= 0.6 is 0 Å². The molecule has 2 aromatic carbocycles. The van der Waals surface area contributed by atoms with E-state index in [2.05, 4.69) is 4.72 Å². The molecular formula is C19H21NO7S. The van der Waals surface area contributed by atoms with E-state index in [0.717, 1.165) is 11.6 Å². The lowest BCUT2D eigenvalue weighted by Crippen LogP contribution is -2.15. The second kappa shape index (κ2) is 8.66. The summed E-state index contributed by atoms with van der Waals surface area (Å²) in [7, 11) is -0.00804. The van der Waals surface area contributed by atoms with E-state index >= 15 is 0 Å². The van der Waals surface area contributed by atoms with Gasteiger partial charge in [0.25, 0.3) is 10.0 Å². The van der Waals surface area contributed by atoms with Crippen molar-refractivity contribution in [2.75, 3.05) is 26.1 Å². The first-order chi connectivity index (χ1) is 13.2. The normalized spacial score (nSPS) is 11.3. The lowest BCUT2D eigenvalue weighted by molar-refractivity contribution is -0.131. The number of hydrogen-bond donors (Lipinski definition) is 2. The molecule has 0 aliphatic heterocycles. The number of methoxy groups -OCH3 is 3. The average molecular weight is 407 g/mol. The SMILES string of the molecule is COc1ccc(C)cc1NS(=O)(=O)c1cc(/C=C/C(=O)O)cc(OC)c1OC. The monoisotopic (exact) mass is 407 g/mol. The lowest BCUT2D eigenvalue weighted by atomic mass is 10.2. The van der Waals surface area contributed by atoms with Gasteiger partial charge in [-0.05, 0) is 48.4 Å². The number of aliphatic carboxylic acids is 1. The quantitative estimate of drug-likeness (QED) is 0.647. The molecular weight excluding hydrogens is 386 g/mol. The predicted octanol–water partition coefficient (Wildman–Crippen LogP) is 2.92. The number of carboxylic acid groups (broad SMARTS) is 1. The molecule has 0 bridgehead atoms. The Balaban J connectivity index is 2.61. The molecule has 0 aliphatic carbocycles. The maximum absolute atomic E-state index is 13.1. The topological polar surface area (TPSA) is 111 Å². The molecule has 0 amide bonds. The fourth-order valence-corrected chi connectivity index (χ4v) is 3.79. The van der Waals surface area contributed by atoms with E-state index in [1.807, 2.05) is 6.92 Å². The number of hydrogen-bond acceptors (Lipinski definition) is 6. The number of sulfonamides is 1. The van der Waals surface area contributed by atoms with Gasteiger partial charge in [0.2, 0.25) is 0 Å². The van der Waals surface area contributed by atoms with Crippen LogP contribution in [0.2, 0.25) is 0 Å². The molecule has 9 heteroatoms. The van der Waals surface area contributed by atoms with E-state index in [1.54, 1.807) is 18.2 Å². The Bertz CT molecular complexity index is 1010. The Morgan fingerprint density at radius 3 is 2.29 bits per heavy atom. The third-order valence-corrected chi connectivity index (χ3v) is 5.15. The van der Waals surface area contributed by atoms with Crippen molar-refractivity contribution in [1.82, 2.24) is 0 Å². The van der Waals surface area contributed by atoms with E-state index in [-0.39, 0.29) is 22.1 Å². The van der Waals surface area contributed by atoms with Gasteiger partial charge in [0.1, 0.15) is 10.6 Å². The average Bonchev–Trinajstić information content (AvgIpc) is 2.65. The van der Waals surface area contributed by atoms with Gasteiger partial charge in [-0.3, -0.25) is 4.72 Å². The molecule has 0 aromatic heterocycles. The summed E-state index contributed by atoms with van der Waals surface area (Å²) in [5.41, 5.74) is 1.41. The van der Waals surface area contributed by atoms with Crippen LogP contribution in [0.25, 0.3) is 6.08 Å². The summed E-state index contributed by atoms with van der Waals surface area (Å²) in [6, 6.07) is 7.85. The number of aryl methyl sites for hydroxylation is 1. The first-order valence-corrected chi connectivity index (χ1v) is 9.54. The van der Waals surface area contributed by atoms with Gasteiger partial charge in [-0.25, -0.2) is 13.2 Å². The van der Waals surface area contributed by atoms with E-state index in [4.69, 9.17) is 19.3 Å². The number of anilines is 1. The summed E-state index contributed by atoms with van der Waals surface area (Å²) < 4.78 is 44.3. The van der Waals surface area contributed by atoms with E-state index in [0.29, 0.717) is 11.3 Å². The van der Waals surface area contributed by atoms with Gasteiger partial charge < -0.3 is 19.3 Å². The molecule has 0 atom stereocenters. The molecule has 0 radical (unpaired) electrons. The molecule has 0 spiro atoms. The van der Waals surface area contributed by atoms with E-state index in [9.17, 15) is 13.2 Å². The molecule has 0 unspecified atom stereocenters. The third-order valence-electron chi connectivity index (χ3n) is 3.77. The predicted molar refractivity (Wildman–Crippen MR) is 105 cm³/mol. The lowest BCUT2D eigenvalue weighted by Gasteiger charge is -2.17. The van der Waals surface area contributed by atoms with Crippen LogP contribution in [-0.4, -0.2) is 40.8 Å². The van der Waals surface area contributed by atoms with Crippen LogP contribution in [0.4, 0.5) is 5.69 Å². The van der Waals surface area contributed by atoms with Gasteiger partial charge in [0.15, 0.2) is 11.5 Å². The number of carbonyl (C=O) groups is 1. The number of rotatable bonds is 8. The molecule has 0 fully saturated rings. The molecule has 0 heterocycles. The van der Waals surface area contributed by atoms with Crippen molar-refractivity contribution in [1.29, 1.82) is 0 Å². The minimum atomic E-state index is -4.12. The van der Waals surface area contributed by atoms with Crippen molar-refractivity contribution in [3.05, 3.63) is 47.5 Å². The zero-order valence-corrected chi connectivity index (χ0v) is 16.7. The van der Waals surface area contributed by atoms with Crippen LogP contribution in [0.1, 0.15) is 11.1 Å². The van der Waals surface area contributed by atoms with E-state index < -0.39 is 16.0 Å². The number of carboxylic acids is 1. The molecule has 2 N–H and O–H groups in total.